The van der Waals surface area contributed by atoms with Crippen molar-refractivity contribution in [2.24, 2.45) is 5.73 Å². The first-order chi connectivity index (χ1) is 8.51. The van der Waals surface area contributed by atoms with Gasteiger partial charge in [-0.1, -0.05) is 12.8 Å². The van der Waals surface area contributed by atoms with E-state index in [0.29, 0.717) is 13.0 Å². The van der Waals surface area contributed by atoms with Gasteiger partial charge in [0.05, 0.1) is 12.4 Å². The highest BCUT2D eigenvalue weighted by Crippen LogP contribution is 2.22. The van der Waals surface area contributed by atoms with Crippen molar-refractivity contribution in [2.75, 3.05) is 6.54 Å². The predicted octanol–water partition coefficient (Wildman–Crippen LogP) is 1.07. The molecule has 0 spiro atoms. The Morgan fingerprint density at radius 2 is 2.11 bits per heavy atom. The van der Waals surface area contributed by atoms with Crippen molar-refractivity contribution in [1.82, 2.24) is 9.29 Å². The Labute approximate surface area is 106 Å². The molecular formula is C11H16FN3O2S. The minimum absolute atomic E-state index is 0.139. The van der Waals surface area contributed by atoms with Gasteiger partial charge in [-0.3, -0.25) is 4.98 Å². The molecule has 2 heterocycles. The van der Waals surface area contributed by atoms with Gasteiger partial charge in [0.1, 0.15) is 10.7 Å². The molecule has 0 saturated carbocycles. The zero-order valence-corrected chi connectivity index (χ0v) is 10.7. The lowest BCUT2D eigenvalue weighted by Crippen LogP contribution is -2.45. The van der Waals surface area contributed by atoms with Crippen LogP contribution in [0.5, 0.6) is 0 Å². The second kappa shape index (κ2) is 5.29. The highest BCUT2D eigenvalue weighted by atomic mass is 32.2. The maximum Gasteiger partial charge on any atom is 0.246 e. The van der Waals surface area contributed by atoms with Crippen LogP contribution in [0.4, 0.5) is 4.39 Å². The van der Waals surface area contributed by atoms with Crippen LogP contribution in [0.3, 0.4) is 0 Å². The van der Waals surface area contributed by atoms with Crippen molar-refractivity contribution in [2.45, 2.75) is 36.7 Å². The molecule has 1 aliphatic rings. The molecule has 0 bridgehead atoms. The monoisotopic (exact) mass is 273 g/mol. The van der Waals surface area contributed by atoms with E-state index >= 15 is 0 Å². The molecule has 1 aromatic rings. The summed E-state index contributed by atoms with van der Waals surface area (Å²) >= 11 is 0. The van der Waals surface area contributed by atoms with Crippen LogP contribution in [-0.2, 0) is 10.0 Å². The van der Waals surface area contributed by atoms with Gasteiger partial charge in [0.2, 0.25) is 10.0 Å². The van der Waals surface area contributed by atoms with Gasteiger partial charge >= 0.3 is 0 Å². The predicted molar refractivity (Wildman–Crippen MR) is 64.5 cm³/mol. The molecule has 0 radical (unpaired) electrons. The van der Waals surface area contributed by atoms with Gasteiger partial charge in [-0.2, -0.15) is 4.31 Å². The molecule has 1 aliphatic heterocycles. The van der Waals surface area contributed by atoms with Gasteiger partial charge in [-0.15, -0.1) is 0 Å². The number of halogens is 1. The van der Waals surface area contributed by atoms with Crippen LogP contribution < -0.4 is 5.73 Å². The second-order valence-electron chi connectivity index (χ2n) is 4.37. The molecule has 0 amide bonds. The average molecular weight is 273 g/mol. The summed E-state index contributed by atoms with van der Waals surface area (Å²) in [5.74, 6) is -0.667. The minimum atomic E-state index is -3.75. The largest absolute Gasteiger partial charge is 0.315 e. The SMILES string of the molecule is NC1CCCCCN1S(=O)(=O)c1cncc(F)c1. The lowest BCUT2D eigenvalue weighted by atomic mass is 10.2. The topological polar surface area (TPSA) is 76.3 Å². The quantitative estimate of drug-likeness (QED) is 0.874. The third-order valence-electron chi connectivity index (χ3n) is 3.03. The maximum atomic E-state index is 13.1. The molecule has 5 nitrogen and oxygen atoms in total. The summed E-state index contributed by atoms with van der Waals surface area (Å²) < 4.78 is 39.0. The van der Waals surface area contributed by atoms with Crippen LogP contribution in [-0.4, -0.2) is 30.4 Å². The van der Waals surface area contributed by atoms with Crippen LogP contribution >= 0.6 is 0 Å². The number of nitrogens with two attached hydrogens (primary N) is 1. The van der Waals surface area contributed by atoms with Crippen molar-refractivity contribution >= 4 is 10.0 Å². The molecule has 100 valence electrons. The molecule has 1 unspecified atom stereocenters. The first-order valence-corrected chi connectivity index (χ1v) is 7.34. The fraction of sp³-hybridized carbons (Fsp3) is 0.545. The Kier molecular flexibility index (Phi) is 3.94. The van der Waals surface area contributed by atoms with Crippen LogP contribution in [0, 0.1) is 5.82 Å². The van der Waals surface area contributed by atoms with Crippen molar-refractivity contribution < 1.29 is 12.8 Å². The highest BCUT2D eigenvalue weighted by Gasteiger charge is 2.30. The molecule has 7 heteroatoms. The lowest BCUT2D eigenvalue weighted by molar-refractivity contribution is 0.329. The van der Waals surface area contributed by atoms with E-state index in [-0.39, 0.29) is 4.90 Å². The summed E-state index contributed by atoms with van der Waals surface area (Å²) in [6.45, 7) is 0.375. The Morgan fingerprint density at radius 3 is 2.83 bits per heavy atom. The Hall–Kier alpha value is -1.05. The van der Waals surface area contributed by atoms with E-state index in [0.717, 1.165) is 37.7 Å². The number of aromatic nitrogens is 1. The minimum Gasteiger partial charge on any atom is -0.315 e. The maximum absolute atomic E-state index is 13.1. The van der Waals surface area contributed by atoms with Crippen molar-refractivity contribution in [1.29, 1.82) is 0 Å². The van der Waals surface area contributed by atoms with Gasteiger partial charge in [-0.25, -0.2) is 12.8 Å². The third kappa shape index (κ3) is 2.68. The molecule has 2 rings (SSSR count). The van der Waals surface area contributed by atoms with E-state index in [4.69, 9.17) is 5.73 Å². The van der Waals surface area contributed by atoms with E-state index in [1.165, 1.54) is 4.31 Å². The van der Waals surface area contributed by atoms with Crippen LogP contribution in [0.25, 0.3) is 0 Å². The van der Waals surface area contributed by atoms with Crippen LogP contribution in [0.2, 0.25) is 0 Å². The molecule has 1 atom stereocenters. The summed E-state index contributed by atoms with van der Waals surface area (Å²) in [6.07, 6.45) is 4.85. The van der Waals surface area contributed by atoms with E-state index < -0.39 is 22.0 Å². The first-order valence-electron chi connectivity index (χ1n) is 5.90. The fourth-order valence-corrected chi connectivity index (χ4v) is 3.63. The summed E-state index contributed by atoms with van der Waals surface area (Å²) in [7, 11) is -3.75. The van der Waals surface area contributed by atoms with Gasteiger partial charge in [0.15, 0.2) is 0 Å². The number of pyridine rings is 1. The van der Waals surface area contributed by atoms with Crippen molar-refractivity contribution in [3.05, 3.63) is 24.3 Å². The third-order valence-corrected chi connectivity index (χ3v) is 4.92. The molecule has 0 aliphatic carbocycles. The lowest BCUT2D eigenvalue weighted by Gasteiger charge is -2.25. The summed E-state index contributed by atoms with van der Waals surface area (Å²) in [5.41, 5.74) is 5.87. The van der Waals surface area contributed by atoms with Gasteiger partial charge in [0, 0.05) is 12.7 Å². The number of sulfonamides is 1. The fourth-order valence-electron chi connectivity index (χ4n) is 2.07. The average Bonchev–Trinajstić information content (AvgIpc) is 2.54. The van der Waals surface area contributed by atoms with Crippen LogP contribution in [0.15, 0.2) is 23.4 Å². The van der Waals surface area contributed by atoms with Crippen molar-refractivity contribution in [3.63, 3.8) is 0 Å². The van der Waals surface area contributed by atoms with Gasteiger partial charge < -0.3 is 5.73 Å². The highest BCUT2D eigenvalue weighted by molar-refractivity contribution is 7.89. The van der Waals surface area contributed by atoms with Crippen molar-refractivity contribution in [3.8, 4) is 0 Å². The van der Waals surface area contributed by atoms with Crippen LogP contribution in [0.1, 0.15) is 25.7 Å². The number of hydrogen-bond donors (Lipinski definition) is 1. The van der Waals surface area contributed by atoms with Gasteiger partial charge in [-0.05, 0) is 18.9 Å². The Morgan fingerprint density at radius 1 is 1.33 bits per heavy atom. The van der Waals surface area contributed by atoms with E-state index in [9.17, 15) is 12.8 Å². The van der Waals surface area contributed by atoms with Gasteiger partial charge in [0.25, 0.3) is 0 Å². The second-order valence-corrected chi connectivity index (χ2v) is 6.26. The van der Waals surface area contributed by atoms with E-state index in [1.54, 1.807) is 0 Å². The molecule has 1 saturated heterocycles. The zero-order valence-electron chi connectivity index (χ0n) is 9.92. The first kappa shape index (κ1) is 13.4. The number of nitrogens with zero attached hydrogens (tertiary/aromatic N) is 2. The normalized spacial score (nSPS) is 22.7. The molecular weight excluding hydrogens is 257 g/mol. The molecule has 0 aromatic carbocycles. The summed E-state index contributed by atoms with van der Waals surface area (Å²) in [6, 6.07) is 0.972. The smallest absolute Gasteiger partial charge is 0.246 e. The number of rotatable bonds is 2. The molecule has 1 fully saturated rings. The summed E-state index contributed by atoms with van der Waals surface area (Å²) in [4.78, 5) is 3.43. The van der Waals surface area contributed by atoms with E-state index in [1.807, 2.05) is 0 Å². The molecule has 1 aromatic heterocycles. The summed E-state index contributed by atoms with van der Waals surface area (Å²) in [5, 5.41) is 0. The van der Waals surface area contributed by atoms with E-state index in [2.05, 4.69) is 4.98 Å². The molecule has 2 N–H and O–H groups in total. The zero-order chi connectivity index (χ0) is 13.2. The Balaban J connectivity index is 2.35. The number of hydrogen-bond acceptors (Lipinski definition) is 4. The Bertz CT molecular complexity index is 521. The standard InChI is InChI=1S/C11H16FN3O2S/c12-9-6-10(8-14-7-9)18(16,17)15-5-3-1-2-4-11(15)13/h6-8,11H,1-5,13H2. The molecule has 18 heavy (non-hydrogen) atoms.